The van der Waals surface area contributed by atoms with Crippen molar-refractivity contribution >= 4 is 34.8 Å². The number of nitrogens with zero attached hydrogens (tertiary/aromatic N) is 3. The molecule has 2 N–H and O–H groups in total. The van der Waals surface area contributed by atoms with Crippen LogP contribution in [0, 0.1) is 11.6 Å². The molecule has 130 valence electrons. The zero-order valence-corrected chi connectivity index (χ0v) is 14.4. The molecule has 0 atom stereocenters. The molecule has 1 aromatic carbocycles. The van der Waals surface area contributed by atoms with Crippen molar-refractivity contribution in [1.29, 1.82) is 0 Å². The molecule has 1 fully saturated rings. The lowest BCUT2D eigenvalue weighted by Crippen LogP contribution is -2.48. The van der Waals surface area contributed by atoms with E-state index in [1.165, 1.54) is 17.4 Å². The van der Waals surface area contributed by atoms with Crippen molar-refractivity contribution in [1.82, 2.24) is 14.8 Å². The fourth-order valence-corrected chi connectivity index (χ4v) is 3.29. The van der Waals surface area contributed by atoms with Crippen LogP contribution < -0.4 is 5.73 Å². The smallest absolute Gasteiger partial charge is 0.256 e. The van der Waals surface area contributed by atoms with Crippen molar-refractivity contribution < 1.29 is 13.6 Å². The standard InChI is InChI=1S/C15H16F2N4OS.ClH/c16-10-1-2-12(13(17)7-10)14(22)21-5-3-20(4-6-21)9-11-8-19-15(18)23-11;/h1-2,7-8H,3-6,9H2,(H2,18,19);1H. The maximum Gasteiger partial charge on any atom is 0.256 e. The Labute approximate surface area is 148 Å². The number of anilines is 1. The maximum absolute atomic E-state index is 13.7. The van der Waals surface area contributed by atoms with Gasteiger partial charge in [0, 0.05) is 49.9 Å². The highest BCUT2D eigenvalue weighted by atomic mass is 35.5. The Morgan fingerprint density at radius 2 is 1.96 bits per heavy atom. The summed E-state index contributed by atoms with van der Waals surface area (Å²) in [4.78, 5) is 21.2. The summed E-state index contributed by atoms with van der Waals surface area (Å²) in [6.45, 7) is 3.12. The molecule has 0 unspecified atom stereocenters. The summed E-state index contributed by atoms with van der Waals surface area (Å²) in [5, 5.41) is 0.542. The van der Waals surface area contributed by atoms with Gasteiger partial charge < -0.3 is 10.6 Å². The minimum Gasteiger partial charge on any atom is -0.375 e. The van der Waals surface area contributed by atoms with Crippen molar-refractivity contribution in [2.75, 3.05) is 31.9 Å². The van der Waals surface area contributed by atoms with Gasteiger partial charge in [0.25, 0.3) is 5.91 Å². The fraction of sp³-hybridized carbons (Fsp3) is 0.333. The van der Waals surface area contributed by atoms with Crippen LogP contribution in [0.25, 0.3) is 0 Å². The predicted octanol–water partition coefficient (Wildman–Crippen LogP) is 2.38. The molecular weight excluding hydrogens is 358 g/mol. The number of nitrogen functional groups attached to an aromatic ring is 1. The molecule has 1 amide bonds. The van der Waals surface area contributed by atoms with E-state index in [1.54, 1.807) is 11.1 Å². The van der Waals surface area contributed by atoms with Gasteiger partial charge in [0.05, 0.1) is 5.56 Å². The number of piperazine rings is 1. The van der Waals surface area contributed by atoms with Crippen molar-refractivity contribution in [2.24, 2.45) is 0 Å². The molecular formula is C15H17ClF2N4OS. The van der Waals surface area contributed by atoms with E-state index in [0.717, 1.165) is 23.6 Å². The SMILES string of the molecule is Cl.Nc1ncc(CN2CCN(C(=O)c3ccc(F)cc3F)CC2)s1. The van der Waals surface area contributed by atoms with Crippen LogP contribution in [0.4, 0.5) is 13.9 Å². The number of carbonyl (C=O) groups is 1. The second-order valence-corrected chi connectivity index (χ2v) is 6.50. The highest BCUT2D eigenvalue weighted by molar-refractivity contribution is 7.15. The first-order valence-electron chi connectivity index (χ1n) is 7.20. The molecule has 1 aliphatic rings. The van der Waals surface area contributed by atoms with Gasteiger partial charge in [-0.15, -0.1) is 23.7 Å². The van der Waals surface area contributed by atoms with Crippen LogP contribution in [0.15, 0.2) is 24.4 Å². The van der Waals surface area contributed by atoms with E-state index in [2.05, 4.69) is 9.88 Å². The molecule has 0 spiro atoms. The molecule has 1 aliphatic heterocycles. The highest BCUT2D eigenvalue weighted by Gasteiger charge is 2.24. The largest absolute Gasteiger partial charge is 0.375 e. The molecule has 0 saturated carbocycles. The number of thiazole rings is 1. The van der Waals surface area contributed by atoms with Gasteiger partial charge in [-0.2, -0.15) is 0 Å². The average molecular weight is 375 g/mol. The molecule has 0 radical (unpaired) electrons. The van der Waals surface area contributed by atoms with E-state index in [4.69, 9.17) is 5.73 Å². The number of hydrogen-bond acceptors (Lipinski definition) is 5. The Balaban J connectivity index is 0.00000208. The topological polar surface area (TPSA) is 62.5 Å². The van der Waals surface area contributed by atoms with E-state index in [-0.39, 0.29) is 18.0 Å². The number of amides is 1. The Morgan fingerprint density at radius 3 is 2.54 bits per heavy atom. The Kier molecular flexibility index (Phi) is 6.09. The fourth-order valence-electron chi connectivity index (χ4n) is 2.56. The van der Waals surface area contributed by atoms with Crippen LogP contribution >= 0.6 is 23.7 Å². The summed E-state index contributed by atoms with van der Waals surface area (Å²) >= 11 is 1.45. The van der Waals surface area contributed by atoms with Crippen LogP contribution in [0.3, 0.4) is 0 Å². The van der Waals surface area contributed by atoms with Gasteiger partial charge in [-0.25, -0.2) is 13.8 Å². The third-order valence-corrected chi connectivity index (χ3v) is 4.58. The molecule has 2 heterocycles. The van der Waals surface area contributed by atoms with Gasteiger partial charge in [0.15, 0.2) is 5.13 Å². The van der Waals surface area contributed by atoms with Crippen molar-refractivity contribution in [3.05, 3.63) is 46.5 Å². The van der Waals surface area contributed by atoms with Crippen LogP contribution in [-0.4, -0.2) is 46.9 Å². The van der Waals surface area contributed by atoms with Crippen molar-refractivity contribution in [3.8, 4) is 0 Å². The van der Waals surface area contributed by atoms with E-state index >= 15 is 0 Å². The Hall–Kier alpha value is -1.77. The van der Waals surface area contributed by atoms with Crippen molar-refractivity contribution in [3.63, 3.8) is 0 Å². The maximum atomic E-state index is 13.7. The number of rotatable bonds is 3. The van der Waals surface area contributed by atoms with Gasteiger partial charge >= 0.3 is 0 Å². The molecule has 0 aliphatic carbocycles. The lowest BCUT2D eigenvalue weighted by molar-refractivity contribution is 0.0625. The van der Waals surface area contributed by atoms with Crippen molar-refractivity contribution in [2.45, 2.75) is 6.54 Å². The van der Waals surface area contributed by atoms with E-state index in [0.29, 0.717) is 31.3 Å². The summed E-state index contributed by atoms with van der Waals surface area (Å²) in [5.41, 5.74) is 5.52. The zero-order valence-electron chi connectivity index (χ0n) is 12.7. The molecule has 1 aromatic heterocycles. The molecule has 24 heavy (non-hydrogen) atoms. The second-order valence-electron chi connectivity index (χ2n) is 5.36. The summed E-state index contributed by atoms with van der Waals surface area (Å²) in [6, 6.07) is 3.03. The third-order valence-electron chi connectivity index (χ3n) is 3.77. The molecule has 3 rings (SSSR count). The molecule has 2 aromatic rings. The normalized spacial score (nSPS) is 15.2. The number of carbonyl (C=O) groups excluding carboxylic acids is 1. The summed E-state index contributed by atoms with van der Waals surface area (Å²) in [6.07, 6.45) is 1.76. The number of nitrogens with two attached hydrogens (primary N) is 1. The Bertz CT molecular complexity index is 719. The minimum atomic E-state index is -0.822. The predicted molar refractivity (Wildman–Crippen MR) is 91.3 cm³/mol. The molecule has 0 bridgehead atoms. The van der Waals surface area contributed by atoms with Crippen LogP contribution in [0.5, 0.6) is 0 Å². The lowest BCUT2D eigenvalue weighted by Gasteiger charge is -2.34. The zero-order chi connectivity index (χ0) is 16.4. The summed E-state index contributed by atoms with van der Waals surface area (Å²) < 4.78 is 26.6. The average Bonchev–Trinajstić information content (AvgIpc) is 2.92. The van der Waals surface area contributed by atoms with Gasteiger partial charge in [0.2, 0.25) is 0 Å². The third kappa shape index (κ3) is 4.19. The number of hydrogen-bond donors (Lipinski definition) is 1. The van der Waals surface area contributed by atoms with Gasteiger partial charge in [0.1, 0.15) is 11.6 Å². The van der Waals surface area contributed by atoms with Gasteiger partial charge in [-0.05, 0) is 12.1 Å². The highest BCUT2D eigenvalue weighted by Crippen LogP contribution is 2.18. The Morgan fingerprint density at radius 1 is 1.25 bits per heavy atom. The monoisotopic (exact) mass is 374 g/mol. The number of benzene rings is 1. The quantitative estimate of drug-likeness (QED) is 0.896. The van der Waals surface area contributed by atoms with Crippen LogP contribution in [-0.2, 0) is 6.54 Å². The lowest BCUT2D eigenvalue weighted by atomic mass is 10.1. The van der Waals surface area contributed by atoms with E-state index in [9.17, 15) is 13.6 Å². The van der Waals surface area contributed by atoms with Crippen LogP contribution in [0.2, 0.25) is 0 Å². The molecule has 1 saturated heterocycles. The molecule has 5 nitrogen and oxygen atoms in total. The van der Waals surface area contributed by atoms with E-state index in [1.807, 2.05) is 0 Å². The first-order valence-corrected chi connectivity index (χ1v) is 8.01. The van der Waals surface area contributed by atoms with Crippen LogP contribution in [0.1, 0.15) is 15.2 Å². The summed E-state index contributed by atoms with van der Waals surface area (Å²) in [7, 11) is 0. The first-order chi connectivity index (χ1) is 11.0. The summed E-state index contributed by atoms with van der Waals surface area (Å²) in [5.74, 6) is -1.91. The second kappa shape index (κ2) is 7.87. The van der Waals surface area contributed by atoms with E-state index < -0.39 is 17.5 Å². The number of halogens is 3. The molecule has 9 heteroatoms. The van der Waals surface area contributed by atoms with Gasteiger partial charge in [-0.3, -0.25) is 9.69 Å². The minimum absolute atomic E-state index is 0. The van der Waals surface area contributed by atoms with Gasteiger partial charge in [-0.1, -0.05) is 0 Å². The first kappa shape index (κ1) is 18.6. The number of aromatic nitrogens is 1.